The molecule has 0 radical (unpaired) electrons. The number of nitrogens with two attached hydrogens (primary N) is 1. The molecule has 84 valence electrons. The molecule has 17 heavy (non-hydrogen) atoms. The topological polar surface area (TPSA) is 64.9 Å². The molecule has 0 fully saturated rings. The van der Waals surface area contributed by atoms with Crippen molar-refractivity contribution < 1.29 is 4.42 Å². The number of hydrogen-bond acceptors (Lipinski definition) is 4. The van der Waals surface area contributed by atoms with Crippen molar-refractivity contribution in [3.05, 3.63) is 41.6 Å². The second kappa shape index (κ2) is 3.75. The summed E-state index contributed by atoms with van der Waals surface area (Å²) < 4.78 is 5.66. The van der Waals surface area contributed by atoms with Crippen LogP contribution in [0.4, 0.5) is 5.95 Å². The molecule has 2 aromatic heterocycles. The SMILES string of the molecule is Nc1nccc(-c2cc3cccc(Cl)c3o2)n1. The number of benzene rings is 1. The molecule has 0 amide bonds. The summed E-state index contributed by atoms with van der Waals surface area (Å²) in [6.45, 7) is 0. The summed E-state index contributed by atoms with van der Waals surface area (Å²) in [4.78, 5) is 7.93. The third kappa shape index (κ3) is 1.72. The lowest BCUT2D eigenvalue weighted by atomic mass is 10.2. The third-order valence-corrected chi connectivity index (χ3v) is 2.72. The van der Waals surface area contributed by atoms with E-state index < -0.39 is 0 Å². The van der Waals surface area contributed by atoms with Gasteiger partial charge in [-0.15, -0.1) is 0 Å². The lowest BCUT2D eigenvalue weighted by Gasteiger charge is -1.95. The van der Waals surface area contributed by atoms with Gasteiger partial charge < -0.3 is 10.2 Å². The van der Waals surface area contributed by atoms with Gasteiger partial charge in [-0.3, -0.25) is 0 Å². The van der Waals surface area contributed by atoms with Crippen molar-refractivity contribution in [1.82, 2.24) is 9.97 Å². The largest absolute Gasteiger partial charge is 0.453 e. The zero-order chi connectivity index (χ0) is 11.8. The van der Waals surface area contributed by atoms with Crippen LogP contribution in [0.2, 0.25) is 5.02 Å². The number of hydrogen-bond donors (Lipinski definition) is 1. The third-order valence-electron chi connectivity index (χ3n) is 2.42. The van der Waals surface area contributed by atoms with E-state index in [9.17, 15) is 0 Å². The molecule has 0 aliphatic carbocycles. The van der Waals surface area contributed by atoms with Crippen LogP contribution < -0.4 is 5.73 Å². The fourth-order valence-electron chi connectivity index (χ4n) is 1.66. The number of aromatic nitrogens is 2. The first-order chi connectivity index (χ1) is 8.24. The Kier molecular flexibility index (Phi) is 2.23. The zero-order valence-electron chi connectivity index (χ0n) is 8.72. The van der Waals surface area contributed by atoms with E-state index in [0.717, 1.165) is 5.39 Å². The average Bonchev–Trinajstić information content (AvgIpc) is 2.74. The van der Waals surface area contributed by atoms with Gasteiger partial charge in [-0.2, -0.15) is 0 Å². The molecule has 4 nitrogen and oxygen atoms in total. The van der Waals surface area contributed by atoms with Crippen LogP contribution in [0.3, 0.4) is 0 Å². The molecule has 2 heterocycles. The molecule has 0 aliphatic rings. The van der Waals surface area contributed by atoms with Gasteiger partial charge in [0.15, 0.2) is 11.3 Å². The fourth-order valence-corrected chi connectivity index (χ4v) is 1.89. The van der Waals surface area contributed by atoms with Gasteiger partial charge in [-0.25, -0.2) is 9.97 Å². The molecule has 3 aromatic rings. The Hall–Kier alpha value is -2.07. The predicted octanol–water partition coefficient (Wildman–Crippen LogP) is 3.13. The summed E-state index contributed by atoms with van der Waals surface area (Å²) >= 11 is 6.04. The molecular formula is C12H8ClN3O. The minimum Gasteiger partial charge on any atom is -0.453 e. The summed E-state index contributed by atoms with van der Waals surface area (Å²) in [5.74, 6) is 0.844. The Bertz CT molecular complexity index is 693. The molecule has 0 bridgehead atoms. The van der Waals surface area contributed by atoms with E-state index in [1.54, 1.807) is 18.3 Å². The molecule has 1 aromatic carbocycles. The minimum atomic E-state index is 0.217. The standard InChI is InChI=1S/C12H8ClN3O/c13-8-3-1-2-7-6-10(17-11(7)8)9-4-5-15-12(14)16-9/h1-6H,(H2,14,15,16). The Balaban J connectivity index is 2.22. The highest BCUT2D eigenvalue weighted by Gasteiger charge is 2.09. The molecule has 0 spiro atoms. The molecule has 0 unspecified atom stereocenters. The van der Waals surface area contributed by atoms with Gasteiger partial charge in [-0.1, -0.05) is 23.7 Å². The van der Waals surface area contributed by atoms with Crippen LogP contribution in [0.15, 0.2) is 40.9 Å². The van der Waals surface area contributed by atoms with Crippen LogP contribution in [0, 0.1) is 0 Å². The summed E-state index contributed by atoms with van der Waals surface area (Å²) in [6.07, 6.45) is 1.59. The number of rotatable bonds is 1. The van der Waals surface area contributed by atoms with Crippen LogP contribution in [0.5, 0.6) is 0 Å². The normalized spacial score (nSPS) is 10.9. The van der Waals surface area contributed by atoms with Gasteiger partial charge >= 0.3 is 0 Å². The summed E-state index contributed by atoms with van der Waals surface area (Å²) in [6, 6.07) is 9.20. The van der Waals surface area contributed by atoms with Crippen LogP contribution in [0.1, 0.15) is 0 Å². The number of fused-ring (bicyclic) bond motifs is 1. The van der Waals surface area contributed by atoms with Crippen molar-refractivity contribution in [3.63, 3.8) is 0 Å². The van der Waals surface area contributed by atoms with E-state index in [1.165, 1.54) is 0 Å². The number of para-hydroxylation sites is 1. The maximum atomic E-state index is 6.04. The fraction of sp³-hybridized carbons (Fsp3) is 0. The summed E-state index contributed by atoms with van der Waals surface area (Å²) in [7, 11) is 0. The summed E-state index contributed by atoms with van der Waals surface area (Å²) in [5, 5.41) is 1.51. The van der Waals surface area contributed by atoms with Gasteiger partial charge in [0.2, 0.25) is 5.95 Å². The first-order valence-corrected chi connectivity index (χ1v) is 5.39. The van der Waals surface area contributed by atoms with Gasteiger partial charge in [0, 0.05) is 11.6 Å². The maximum Gasteiger partial charge on any atom is 0.220 e. The highest BCUT2D eigenvalue weighted by molar-refractivity contribution is 6.34. The number of nitrogen functional groups attached to an aromatic ring is 1. The zero-order valence-corrected chi connectivity index (χ0v) is 9.48. The maximum absolute atomic E-state index is 6.04. The van der Waals surface area contributed by atoms with Gasteiger partial charge in [0.05, 0.1) is 5.02 Å². The average molecular weight is 246 g/mol. The predicted molar refractivity (Wildman–Crippen MR) is 66.7 cm³/mol. The molecule has 0 saturated carbocycles. The lowest BCUT2D eigenvalue weighted by molar-refractivity contribution is 0.628. The Morgan fingerprint density at radius 3 is 2.88 bits per heavy atom. The molecular weight excluding hydrogens is 238 g/mol. The number of nitrogens with zero attached hydrogens (tertiary/aromatic N) is 2. The number of furan rings is 1. The van der Waals surface area contributed by atoms with E-state index in [0.29, 0.717) is 22.1 Å². The van der Waals surface area contributed by atoms with E-state index in [4.69, 9.17) is 21.8 Å². The summed E-state index contributed by atoms with van der Waals surface area (Å²) in [5.41, 5.74) is 6.83. The number of anilines is 1. The molecule has 0 atom stereocenters. The Labute approximate surface area is 102 Å². The van der Waals surface area contributed by atoms with Crippen molar-refractivity contribution in [1.29, 1.82) is 0 Å². The number of halogens is 1. The molecule has 0 aliphatic heterocycles. The highest BCUT2D eigenvalue weighted by Crippen LogP contribution is 2.31. The Morgan fingerprint density at radius 1 is 1.24 bits per heavy atom. The van der Waals surface area contributed by atoms with Crippen LogP contribution in [0.25, 0.3) is 22.4 Å². The first kappa shape index (κ1) is 10.1. The molecule has 2 N–H and O–H groups in total. The van der Waals surface area contributed by atoms with Crippen molar-refractivity contribution in [2.45, 2.75) is 0 Å². The Morgan fingerprint density at radius 2 is 2.12 bits per heavy atom. The smallest absolute Gasteiger partial charge is 0.220 e. The highest BCUT2D eigenvalue weighted by atomic mass is 35.5. The van der Waals surface area contributed by atoms with Crippen molar-refractivity contribution in [2.24, 2.45) is 0 Å². The van der Waals surface area contributed by atoms with E-state index >= 15 is 0 Å². The second-order valence-corrected chi connectivity index (χ2v) is 3.98. The van der Waals surface area contributed by atoms with Crippen LogP contribution in [-0.4, -0.2) is 9.97 Å². The molecule has 3 rings (SSSR count). The van der Waals surface area contributed by atoms with Crippen LogP contribution >= 0.6 is 11.6 Å². The van der Waals surface area contributed by atoms with Gasteiger partial charge in [0.25, 0.3) is 0 Å². The molecule has 5 heteroatoms. The van der Waals surface area contributed by atoms with Crippen molar-refractivity contribution in [3.8, 4) is 11.5 Å². The van der Waals surface area contributed by atoms with Crippen molar-refractivity contribution >= 4 is 28.5 Å². The molecule has 0 saturated heterocycles. The van der Waals surface area contributed by atoms with E-state index in [2.05, 4.69) is 9.97 Å². The quantitative estimate of drug-likeness (QED) is 0.715. The monoisotopic (exact) mass is 245 g/mol. The van der Waals surface area contributed by atoms with Crippen molar-refractivity contribution in [2.75, 3.05) is 5.73 Å². The lowest BCUT2D eigenvalue weighted by Crippen LogP contribution is -1.94. The van der Waals surface area contributed by atoms with E-state index in [-0.39, 0.29) is 5.95 Å². The van der Waals surface area contributed by atoms with Gasteiger partial charge in [-0.05, 0) is 18.2 Å². The van der Waals surface area contributed by atoms with E-state index in [1.807, 2.05) is 18.2 Å². The minimum absolute atomic E-state index is 0.217. The first-order valence-electron chi connectivity index (χ1n) is 5.01. The van der Waals surface area contributed by atoms with Crippen LogP contribution in [-0.2, 0) is 0 Å². The van der Waals surface area contributed by atoms with Gasteiger partial charge in [0.1, 0.15) is 5.69 Å². The second-order valence-electron chi connectivity index (χ2n) is 3.57.